The van der Waals surface area contributed by atoms with E-state index < -0.39 is 10.8 Å². The number of methoxy groups -OCH3 is 2. The van der Waals surface area contributed by atoms with Crippen molar-refractivity contribution in [3.8, 4) is 11.5 Å². The zero-order valence-electron chi connectivity index (χ0n) is 14.3. The van der Waals surface area contributed by atoms with Crippen LogP contribution in [0, 0.1) is 10.1 Å². The van der Waals surface area contributed by atoms with Crippen LogP contribution in [0.1, 0.15) is 10.4 Å². The number of nitro benzene ring substituents is 1. The van der Waals surface area contributed by atoms with E-state index in [-0.39, 0.29) is 11.3 Å². The van der Waals surface area contributed by atoms with Crippen molar-refractivity contribution in [2.75, 3.05) is 14.2 Å². The molecule has 0 bridgehead atoms. The third-order valence-electron chi connectivity index (χ3n) is 3.83. The zero-order chi connectivity index (χ0) is 18.8. The second-order valence-corrected chi connectivity index (χ2v) is 6.32. The van der Waals surface area contributed by atoms with Gasteiger partial charge in [-0.1, -0.05) is 17.4 Å². The van der Waals surface area contributed by atoms with Crippen LogP contribution in [0.15, 0.2) is 41.4 Å². The third kappa shape index (κ3) is 3.04. The molecule has 1 heterocycles. The fourth-order valence-electron chi connectivity index (χ4n) is 2.54. The lowest BCUT2D eigenvalue weighted by Gasteiger charge is -2.09. The lowest BCUT2D eigenvalue weighted by Crippen LogP contribution is -2.14. The number of thiazole rings is 1. The fourth-order valence-corrected chi connectivity index (χ4v) is 3.54. The maximum atomic E-state index is 12.6. The molecule has 1 aromatic heterocycles. The predicted octanol–water partition coefficient (Wildman–Crippen LogP) is 2.91. The van der Waals surface area contributed by atoms with Gasteiger partial charge in [0.15, 0.2) is 16.3 Å². The molecule has 0 aliphatic heterocycles. The summed E-state index contributed by atoms with van der Waals surface area (Å²) in [6.07, 6.45) is 0. The van der Waals surface area contributed by atoms with Crippen molar-refractivity contribution < 1.29 is 19.2 Å². The smallest absolute Gasteiger partial charge is 0.283 e. The molecule has 9 heteroatoms. The van der Waals surface area contributed by atoms with Crippen LogP contribution in [0.4, 0.5) is 5.69 Å². The molecule has 0 spiro atoms. The first-order chi connectivity index (χ1) is 12.5. The van der Waals surface area contributed by atoms with Crippen LogP contribution in [-0.4, -0.2) is 29.6 Å². The number of carbonyl (C=O) groups is 1. The molecular formula is C17H15N3O5S. The molecule has 0 aliphatic rings. The summed E-state index contributed by atoms with van der Waals surface area (Å²) in [4.78, 5) is 27.7. The number of ether oxygens (including phenoxy) is 2. The van der Waals surface area contributed by atoms with Crippen LogP contribution in [0.25, 0.3) is 10.2 Å². The summed E-state index contributed by atoms with van der Waals surface area (Å²) in [6, 6.07) is 9.50. The Hall–Kier alpha value is -3.20. The Kier molecular flexibility index (Phi) is 4.72. The molecule has 3 rings (SSSR count). The maximum Gasteiger partial charge on any atom is 0.283 e. The van der Waals surface area contributed by atoms with Gasteiger partial charge < -0.3 is 14.0 Å². The van der Waals surface area contributed by atoms with Crippen molar-refractivity contribution in [3.05, 3.63) is 56.9 Å². The molecule has 26 heavy (non-hydrogen) atoms. The number of carbonyl (C=O) groups excluding carboxylic acids is 1. The van der Waals surface area contributed by atoms with Crippen molar-refractivity contribution in [2.24, 2.45) is 12.0 Å². The van der Waals surface area contributed by atoms with E-state index in [4.69, 9.17) is 9.47 Å². The number of aryl methyl sites for hydroxylation is 1. The van der Waals surface area contributed by atoms with E-state index in [9.17, 15) is 14.9 Å². The van der Waals surface area contributed by atoms with Gasteiger partial charge in [-0.05, 0) is 18.2 Å². The minimum Gasteiger partial charge on any atom is -0.493 e. The Bertz CT molecular complexity index is 1080. The van der Waals surface area contributed by atoms with Crippen LogP contribution < -0.4 is 14.3 Å². The molecule has 2 aromatic carbocycles. The number of hydrogen-bond donors (Lipinski definition) is 0. The zero-order valence-corrected chi connectivity index (χ0v) is 15.1. The molecule has 1 amide bonds. The van der Waals surface area contributed by atoms with Gasteiger partial charge in [-0.2, -0.15) is 4.99 Å². The molecular weight excluding hydrogens is 358 g/mol. The molecule has 3 aromatic rings. The maximum absolute atomic E-state index is 12.6. The highest BCUT2D eigenvalue weighted by molar-refractivity contribution is 7.16. The van der Waals surface area contributed by atoms with Crippen LogP contribution >= 0.6 is 11.3 Å². The summed E-state index contributed by atoms with van der Waals surface area (Å²) < 4.78 is 12.9. The summed E-state index contributed by atoms with van der Waals surface area (Å²) >= 11 is 1.27. The van der Waals surface area contributed by atoms with Crippen molar-refractivity contribution >= 4 is 33.1 Å². The number of nitro groups is 1. The first-order valence-electron chi connectivity index (χ1n) is 7.50. The van der Waals surface area contributed by atoms with Gasteiger partial charge in [0.05, 0.1) is 34.9 Å². The number of hydrogen-bond acceptors (Lipinski definition) is 6. The Balaban J connectivity index is 2.12. The highest BCUT2D eigenvalue weighted by Crippen LogP contribution is 2.31. The van der Waals surface area contributed by atoms with Crippen molar-refractivity contribution in [3.63, 3.8) is 0 Å². The van der Waals surface area contributed by atoms with Gasteiger partial charge in [0.2, 0.25) is 0 Å². The van der Waals surface area contributed by atoms with Gasteiger partial charge >= 0.3 is 0 Å². The molecule has 8 nitrogen and oxygen atoms in total. The fraction of sp³-hybridized carbons (Fsp3) is 0.176. The van der Waals surface area contributed by atoms with Crippen molar-refractivity contribution in [2.45, 2.75) is 0 Å². The Morgan fingerprint density at radius 2 is 2.00 bits per heavy atom. The first kappa shape index (κ1) is 17.6. The Morgan fingerprint density at radius 3 is 2.65 bits per heavy atom. The van der Waals surface area contributed by atoms with Gasteiger partial charge in [-0.3, -0.25) is 14.9 Å². The molecule has 0 radical (unpaired) electrons. The normalized spacial score (nSPS) is 11.6. The van der Waals surface area contributed by atoms with E-state index in [1.54, 1.807) is 35.9 Å². The quantitative estimate of drug-likeness (QED) is 0.517. The van der Waals surface area contributed by atoms with Gasteiger partial charge in [-0.15, -0.1) is 0 Å². The highest BCUT2D eigenvalue weighted by atomic mass is 32.1. The van der Waals surface area contributed by atoms with Crippen LogP contribution in [0.3, 0.4) is 0 Å². The average molecular weight is 373 g/mol. The van der Waals surface area contributed by atoms with Crippen LogP contribution in [0.5, 0.6) is 11.5 Å². The summed E-state index contributed by atoms with van der Waals surface area (Å²) in [6.45, 7) is 0. The molecule has 0 atom stereocenters. The summed E-state index contributed by atoms with van der Waals surface area (Å²) in [5.41, 5.74) is 0.891. The summed E-state index contributed by atoms with van der Waals surface area (Å²) in [5.74, 6) is 0.255. The summed E-state index contributed by atoms with van der Waals surface area (Å²) in [7, 11) is 4.65. The van der Waals surface area contributed by atoms with Crippen molar-refractivity contribution in [1.29, 1.82) is 0 Å². The average Bonchev–Trinajstić information content (AvgIpc) is 2.95. The van der Waals surface area contributed by atoms with E-state index in [0.717, 1.165) is 4.70 Å². The second-order valence-electron chi connectivity index (χ2n) is 5.31. The lowest BCUT2D eigenvalue weighted by atomic mass is 10.2. The van der Waals surface area contributed by atoms with E-state index in [1.165, 1.54) is 37.7 Å². The minimum absolute atomic E-state index is 0.0155. The molecule has 134 valence electrons. The molecule has 0 fully saturated rings. The van der Waals surface area contributed by atoms with Gasteiger partial charge in [0.25, 0.3) is 11.6 Å². The number of para-hydroxylation sites is 1. The Morgan fingerprint density at radius 1 is 1.23 bits per heavy atom. The monoisotopic (exact) mass is 373 g/mol. The number of benzene rings is 2. The van der Waals surface area contributed by atoms with Crippen LogP contribution in [-0.2, 0) is 7.05 Å². The minimum atomic E-state index is -0.489. The number of amides is 1. The van der Waals surface area contributed by atoms with Gasteiger partial charge in [0, 0.05) is 19.2 Å². The van der Waals surface area contributed by atoms with Gasteiger partial charge in [-0.25, -0.2) is 0 Å². The number of nitrogens with zero attached hydrogens (tertiary/aromatic N) is 3. The SMILES string of the molecule is COc1cccc(C(=O)N=c2sc3ccc([N+](=O)[O-])cc3n2C)c1OC. The largest absolute Gasteiger partial charge is 0.493 e. The molecule has 0 aliphatic carbocycles. The first-order valence-corrected chi connectivity index (χ1v) is 8.32. The number of aromatic nitrogens is 1. The topological polar surface area (TPSA) is 96.0 Å². The number of rotatable bonds is 4. The van der Waals surface area contributed by atoms with E-state index in [2.05, 4.69) is 4.99 Å². The number of fused-ring (bicyclic) bond motifs is 1. The third-order valence-corrected chi connectivity index (χ3v) is 4.95. The van der Waals surface area contributed by atoms with Crippen LogP contribution in [0.2, 0.25) is 0 Å². The highest BCUT2D eigenvalue weighted by Gasteiger charge is 2.17. The Labute approximate surface area is 152 Å². The predicted molar refractivity (Wildman–Crippen MR) is 96.9 cm³/mol. The van der Waals surface area contributed by atoms with E-state index in [0.29, 0.717) is 21.8 Å². The number of non-ortho nitro benzene ring substituents is 1. The molecule has 0 saturated heterocycles. The van der Waals surface area contributed by atoms with E-state index >= 15 is 0 Å². The second kappa shape index (κ2) is 6.96. The standard InChI is InChI=1S/C17H15N3O5S/c1-19-12-9-10(20(22)23)7-8-14(12)26-17(19)18-16(21)11-5-4-6-13(24-2)15(11)25-3/h4-9H,1-3H3. The van der Waals surface area contributed by atoms with Gasteiger partial charge in [0.1, 0.15) is 0 Å². The van der Waals surface area contributed by atoms with E-state index in [1.807, 2.05) is 0 Å². The lowest BCUT2D eigenvalue weighted by molar-refractivity contribution is -0.384. The van der Waals surface area contributed by atoms with Crippen molar-refractivity contribution in [1.82, 2.24) is 4.57 Å². The molecule has 0 unspecified atom stereocenters. The summed E-state index contributed by atoms with van der Waals surface area (Å²) in [5, 5.41) is 11.0. The molecule has 0 saturated carbocycles. The molecule has 0 N–H and O–H groups in total.